The van der Waals surface area contributed by atoms with Crippen LogP contribution in [0.4, 0.5) is 0 Å². The monoisotopic (exact) mass is 282 g/mol. The Morgan fingerprint density at radius 2 is 2.10 bits per heavy atom. The van der Waals surface area contributed by atoms with E-state index in [9.17, 15) is 4.79 Å². The van der Waals surface area contributed by atoms with Crippen molar-refractivity contribution in [2.24, 2.45) is 5.84 Å². The maximum Gasteiger partial charge on any atom is 0.233 e. The number of piperazine rings is 1. The van der Waals surface area contributed by atoms with E-state index in [1.807, 2.05) is 0 Å². The normalized spacial score (nSPS) is 28.1. The Kier molecular flexibility index (Phi) is 6.26. The summed E-state index contributed by atoms with van der Waals surface area (Å²) >= 11 is 0. The molecule has 0 spiro atoms. The molecule has 1 amide bonds. The molecule has 2 heterocycles. The summed E-state index contributed by atoms with van der Waals surface area (Å²) in [6.45, 7) is 7.31. The predicted octanol–water partition coefficient (Wildman–Crippen LogP) is 1.10. The standard InChI is InChI=1S/C15H30N4O/c1-13-11-19-10-6-4-7-14(19)12-18(13)9-5-2-3-8-15(20)17-16/h13-14H,2-12,16H2,1H3,(H,17,20). The molecule has 2 atom stereocenters. The lowest BCUT2D eigenvalue weighted by Gasteiger charge is -2.47. The predicted molar refractivity (Wildman–Crippen MR) is 81.0 cm³/mol. The molecule has 2 fully saturated rings. The van der Waals surface area contributed by atoms with Crippen LogP contribution in [-0.4, -0.2) is 54.0 Å². The van der Waals surface area contributed by atoms with E-state index in [4.69, 9.17) is 5.84 Å². The highest BCUT2D eigenvalue weighted by Crippen LogP contribution is 2.24. The number of hydrogen-bond donors (Lipinski definition) is 2. The van der Waals surface area contributed by atoms with Gasteiger partial charge < -0.3 is 0 Å². The Balaban J connectivity index is 1.64. The van der Waals surface area contributed by atoms with Crippen LogP contribution in [0, 0.1) is 0 Å². The number of nitrogens with zero attached hydrogens (tertiary/aromatic N) is 2. The largest absolute Gasteiger partial charge is 0.298 e. The first-order valence-corrected chi connectivity index (χ1v) is 8.18. The molecule has 0 aromatic rings. The van der Waals surface area contributed by atoms with E-state index in [-0.39, 0.29) is 5.91 Å². The molecular formula is C15H30N4O. The minimum absolute atomic E-state index is 0.0470. The van der Waals surface area contributed by atoms with Crippen LogP contribution >= 0.6 is 0 Å². The van der Waals surface area contributed by atoms with Crippen LogP contribution in [0.1, 0.15) is 51.9 Å². The van der Waals surface area contributed by atoms with E-state index in [2.05, 4.69) is 22.1 Å². The summed E-state index contributed by atoms with van der Waals surface area (Å²) in [5.74, 6) is 5.02. The van der Waals surface area contributed by atoms with Crippen molar-refractivity contribution in [2.75, 3.05) is 26.2 Å². The molecule has 2 saturated heterocycles. The summed E-state index contributed by atoms with van der Waals surface area (Å²) < 4.78 is 0. The average Bonchev–Trinajstić information content (AvgIpc) is 2.47. The molecule has 2 unspecified atom stereocenters. The van der Waals surface area contributed by atoms with Crippen molar-refractivity contribution in [3.8, 4) is 0 Å². The van der Waals surface area contributed by atoms with Gasteiger partial charge in [0.1, 0.15) is 0 Å². The van der Waals surface area contributed by atoms with E-state index in [1.165, 1.54) is 51.9 Å². The first-order valence-electron chi connectivity index (χ1n) is 8.18. The third kappa shape index (κ3) is 4.43. The van der Waals surface area contributed by atoms with E-state index in [1.54, 1.807) is 0 Å². The summed E-state index contributed by atoms with van der Waals surface area (Å²) in [5, 5.41) is 0. The first kappa shape index (κ1) is 15.7. The fourth-order valence-electron chi connectivity index (χ4n) is 3.57. The van der Waals surface area contributed by atoms with Crippen molar-refractivity contribution in [3.05, 3.63) is 0 Å². The zero-order valence-electron chi connectivity index (χ0n) is 12.8. The van der Waals surface area contributed by atoms with Crippen molar-refractivity contribution < 1.29 is 4.79 Å². The molecule has 116 valence electrons. The highest BCUT2D eigenvalue weighted by Gasteiger charge is 2.32. The summed E-state index contributed by atoms with van der Waals surface area (Å²) in [6.07, 6.45) is 7.97. The number of rotatable bonds is 6. The van der Waals surface area contributed by atoms with Gasteiger partial charge in [-0.15, -0.1) is 0 Å². The van der Waals surface area contributed by atoms with Gasteiger partial charge in [-0.25, -0.2) is 5.84 Å². The van der Waals surface area contributed by atoms with Crippen molar-refractivity contribution in [1.29, 1.82) is 0 Å². The molecule has 0 saturated carbocycles. The number of nitrogens with two attached hydrogens (primary N) is 1. The molecule has 0 radical (unpaired) electrons. The van der Waals surface area contributed by atoms with Crippen LogP contribution in [0.3, 0.4) is 0 Å². The average molecular weight is 282 g/mol. The lowest BCUT2D eigenvalue weighted by Crippen LogP contribution is -2.58. The molecule has 2 aliphatic rings. The molecule has 5 nitrogen and oxygen atoms in total. The van der Waals surface area contributed by atoms with Gasteiger partial charge in [-0.3, -0.25) is 20.0 Å². The molecule has 2 aliphatic heterocycles. The van der Waals surface area contributed by atoms with Crippen molar-refractivity contribution in [2.45, 2.75) is 64.0 Å². The number of hydrazine groups is 1. The molecule has 0 aliphatic carbocycles. The second-order valence-corrected chi connectivity index (χ2v) is 6.37. The lowest BCUT2D eigenvalue weighted by molar-refractivity contribution is -0.121. The van der Waals surface area contributed by atoms with Crippen molar-refractivity contribution in [1.82, 2.24) is 15.2 Å². The van der Waals surface area contributed by atoms with Crippen LogP contribution in [0.2, 0.25) is 0 Å². The Morgan fingerprint density at radius 3 is 2.90 bits per heavy atom. The van der Waals surface area contributed by atoms with Gasteiger partial charge >= 0.3 is 0 Å². The number of unbranched alkanes of at least 4 members (excludes halogenated alkanes) is 2. The smallest absolute Gasteiger partial charge is 0.233 e. The maximum absolute atomic E-state index is 11.0. The number of amides is 1. The lowest BCUT2D eigenvalue weighted by atomic mass is 9.97. The molecule has 20 heavy (non-hydrogen) atoms. The number of carbonyl (C=O) groups excluding carboxylic acids is 1. The molecule has 5 heteroatoms. The van der Waals surface area contributed by atoms with Crippen molar-refractivity contribution >= 4 is 5.91 Å². The Hall–Kier alpha value is -0.650. The van der Waals surface area contributed by atoms with Gasteiger partial charge in [-0.05, 0) is 45.7 Å². The van der Waals surface area contributed by atoms with E-state index in [0.29, 0.717) is 12.5 Å². The molecular weight excluding hydrogens is 252 g/mol. The quantitative estimate of drug-likeness (QED) is 0.331. The molecule has 0 aromatic heterocycles. The van der Waals surface area contributed by atoms with Crippen LogP contribution in [-0.2, 0) is 4.79 Å². The molecule has 0 aromatic carbocycles. The first-order chi connectivity index (χ1) is 9.70. The summed E-state index contributed by atoms with van der Waals surface area (Å²) in [4.78, 5) is 16.4. The maximum atomic E-state index is 11.0. The van der Waals surface area contributed by atoms with E-state index >= 15 is 0 Å². The minimum Gasteiger partial charge on any atom is -0.298 e. The number of nitrogens with one attached hydrogen (secondary N) is 1. The van der Waals surface area contributed by atoms with Crippen LogP contribution in [0.15, 0.2) is 0 Å². The van der Waals surface area contributed by atoms with Gasteiger partial charge in [0, 0.05) is 31.6 Å². The second-order valence-electron chi connectivity index (χ2n) is 6.37. The fraction of sp³-hybridized carbons (Fsp3) is 0.933. The van der Waals surface area contributed by atoms with Gasteiger partial charge in [0.2, 0.25) is 5.91 Å². The Bertz CT molecular complexity index is 310. The summed E-state index contributed by atoms with van der Waals surface area (Å²) in [6, 6.07) is 1.47. The van der Waals surface area contributed by atoms with Crippen LogP contribution in [0.25, 0.3) is 0 Å². The highest BCUT2D eigenvalue weighted by atomic mass is 16.2. The number of carbonyl (C=O) groups is 1. The summed E-state index contributed by atoms with van der Waals surface area (Å²) in [7, 11) is 0. The number of piperidine rings is 1. The van der Waals surface area contributed by atoms with Gasteiger partial charge in [-0.2, -0.15) is 0 Å². The summed E-state index contributed by atoms with van der Waals surface area (Å²) in [5.41, 5.74) is 2.19. The molecule has 3 N–H and O–H groups in total. The van der Waals surface area contributed by atoms with E-state index in [0.717, 1.165) is 18.9 Å². The second kappa shape index (κ2) is 7.96. The molecule has 0 bridgehead atoms. The third-order valence-electron chi connectivity index (χ3n) is 4.83. The fourth-order valence-corrected chi connectivity index (χ4v) is 3.57. The van der Waals surface area contributed by atoms with Gasteiger partial charge in [0.25, 0.3) is 0 Å². The van der Waals surface area contributed by atoms with Gasteiger partial charge in [0.05, 0.1) is 0 Å². The van der Waals surface area contributed by atoms with Crippen LogP contribution < -0.4 is 11.3 Å². The zero-order chi connectivity index (χ0) is 14.4. The molecule has 2 rings (SSSR count). The van der Waals surface area contributed by atoms with Crippen LogP contribution in [0.5, 0.6) is 0 Å². The minimum atomic E-state index is -0.0470. The Morgan fingerprint density at radius 1 is 1.25 bits per heavy atom. The SMILES string of the molecule is CC1CN2CCCCC2CN1CCCCCC(=O)NN. The van der Waals surface area contributed by atoms with Gasteiger partial charge in [0.15, 0.2) is 0 Å². The van der Waals surface area contributed by atoms with Gasteiger partial charge in [-0.1, -0.05) is 12.8 Å². The highest BCUT2D eigenvalue weighted by molar-refractivity contribution is 5.74. The number of hydrogen-bond acceptors (Lipinski definition) is 4. The van der Waals surface area contributed by atoms with E-state index < -0.39 is 0 Å². The Labute approximate surface area is 122 Å². The zero-order valence-corrected chi connectivity index (χ0v) is 12.8. The number of fused-ring (bicyclic) bond motifs is 1. The topological polar surface area (TPSA) is 61.6 Å². The third-order valence-corrected chi connectivity index (χ3v) is 4.83. The van der Waals surface area contributed by atoms with Crippen molar-refractivity contribution in [3.63, 3.8) is 0 Å².